The van der Waals surface area contributed by atoms with Gasteiger partial charge in [-0.25, -0.2) is 23.7 Å². The average molecular weight is 571 g/mol. The van der Waals surface area contributed by atoms with E-state index in [1.54, 1.807) is 40.6 Å². The number of aliphatic imine (C=N–C) groups is 1. The number of anilines is 2. The highest BCUT2D eigenvalue weighted by Crippen LogP contribution is 2.33. The lowest BCUT2D eigenvalue weighted by atomic mass is 10.0. The largest absolute Gasteiger partial charge is 0.387 e. The van der Waals surface area contributed by atoms with E-state index in [1.165, 1.54) is 24.8 Å². The van der Waals surface area contributed by atoms with Gasteiger partial charge in [-0.05, 0) is 42.0 Å². The van der Waals surface area contributed by atoms with Crippen LogP contribution in [0.25, 0.3) is 22.3 Å². The number of aliphatic hydroxyl groups is 2. The number of fused-ring (bicyclic) bond motifs is 1. The van der Waals surface area contributed by atoms with E-state index >= 15 is 0 Å². The summed E-state index contributed by atoms with van der Waals surface area (Å²) in [6.45, 7) is 0.458. The second kappa shape index (κ2) is 12.1. The molecule has 4 aromatic rings. The van der Waals surface area contributed by atoms with Gasteiger partial charge in [0.2, 0.25) is 0 Å². The van der Waals surface area contributed by atoms with Gasteiger partial charge in [0.1, 0.15) is 35.7 Å². The Labute approximate surface area is 232 Å². The standard InChI is InChI=1S/C26H28F2N8O3S/c27-15-5-6-17(18(28)10-15)14-3-1-4-16(9-14)35-26(30)31-7-2-8-40-11-19-21(37)22(38)25(39-19)36-13-34-20-23(29)32-12-33-24(20)36/h1,3-6,9-10,12-13,19,21-22,25,37-38H,2,7-8,11H2,(H2,29,32,33)(H3,30,31,35)/t19-,21-,22-,25-/m1/s1. The molecule has 0 aliphatic carbocycles. The van der Waals surface area contributed by atoms with Gasteiger partial charge in [0.25, 0.3) is 0 Å². The van der Waals surface area contributed by atoms with E-state index in [0.717, 1.165) is 11.8 Å². The molecule has 14 heteroatoms. The van der Waals surface area contributed by atoms with Crippen LogP contribution in [0.1, 0.15) is 12.6 Å². The average Bonchev–Trinajstić information content (AvgIpc) is 3.48. The van der Waals surface area contributed by atoms with Crippen molar-refractivity contribution in [3.8, 4) is 11.1 Å². The molecule has 0 saturated carbocycles. The summed E-state index contributed by atoms with van der Waals surface area (Å²) in [7, 11) is 0. The van der Waals surface area contributed by atoms with Gasteiger partial charge in [-0.1, -0.05) is 12.1 Å². The van der Waals surface area contributed by atoms with Crippen LogP contribution in [0.2, 0.25) is 0 Å². The molecule has 11 nitrogen and oxygen atoms in total. The number of aromatic nitrogens is 4. The minimum absolute atomic E-state index is 0.208. The number of guanidine groups is 1. The van der Waals surface area contributed by atoms with Crippen molar-refractivity contribution in [2.24, 2.45) is 10.7 Å². The van der Waals surface area contributed by atoms with Crippen LogP contribution < -0.4 is 16.8 Å². The zero-order valence-corrected chi connectivity index (χ0v) is 22.0. The molecular weight excluding hydrogens is 542 g/mol. The van der Waals surface area contributed by atoms with Crippen molar-refractivity contribution in [1.82, 2.24) is 19.5 Å². The highest BCUT2D eigenvalue weighted by molar-refractivity contribution is 7.99. The second-order valence-electron chi connectivity index (χ2n) is 9.15. The molecule has 1 aliphatic rings. The number of rotatable bonds is 9. The molecule has 5 rings (SSSR count). The van der Waals surface area contributed by atoms with Crippen LogP contribution in [0.4, 0.5) is 20.3 Å². The smallest absolute Gasteiger partial charge is 0.193 e. The van der Waals surface area contributed by atoms with Crippen LogP contribution >= 0.6 is 11.8 Å². The van der Waals surface area contributed by atoms with Crippen molar-refractivity contribution in [2.45, 2.75) is 31.0 Å². The lowest BCUT2D eigenvalue weighted by Gasteiger charge is -2.16. The summed E-state index contributed by atoms with van der Waals surface area (Å²) in [5, 5.41) is 24.1. The number of thioether (sulfide) groups is 1. The van der Waals surface area contributed by atoms with E-state index in [-0.39, 0.29) is 17.3 Å². The molecule has 2 aromatic carbocycles. The van der Waals surface area contributed by atoms with Gasteiger partial charge < -0.3 is 31.7 Å². The fourth-order valence-corrected chi connectivity index (χ4v) is 5.40. The molecule has 210 valence electrons. The predicted octanol–water partition coefficient (Wildman–Crippen LogP) is 2.52. The molecule has 0 radical (unpaired) electrons. The molecule has 0 unspecified atom stereocenters. The number of aliphatic hydroxyl groups excluding tert-OH is 2. The number of nitrogen functional groups attached to an aromatic ring is 1. The first-order valence-electron chi connectivity index (χ1n) is 12.5. The summed E-state index contributed by atoms with van der Waals surface area (Å²) in [6.07, 6.45) is -0.204. The van der Waals surface area contributed by atoms with Gasteiger partial charge in [-0.2, -0.15) is 11.8 Å². The maximum absolute atomic E-state index is 14.1. The number of imidazole rings is 1. The van der Waals surface area contributed by atoms with Crippen molar-refractivity contribution in [3.63, 3.8) is 0 Å². The normalized spacial score (nSPS) is 21.2. The number of nitrogens with two attached hydrogens (primary N) is 2. The van der Waals surface area contributed by atoms with E-state index in [4.69, 9.17) is 16.2 Å². The Hall–Kier alpha value is -3.85. The molecule has 1 fully saturated rings. The Bertz CT molecular complexity index is 1520. The molecule has 1 saturated heterocycles. The monoisotopic (exact) mass is 570 g/mol. The third-order valence-corrected chi connectivity index (χ3v) is 7.53. The maximum atomic E-state index is 14.1. The van der Waals surface area contributed by atoms with Crippen molar-refractivity contribution in [2.75, 3.05) is 29.1 Å². The number of nitrogens with one attached hydrogen (secondary N) is 1. The number of halogens is 2. The molecule has 2 aromatic heterocycles. The van der Waals surface area contributed by atoms with Crippen LogP contribution in [0, 0.1) is 11.6 Å². The Morgan fingerprint density at radius 1 is 1.12 bits per heavy atom. The Balaban J connectivity index is 1.08. The van der Waals surface area contributed by atoms with Crippen molar-refractivity contribution in [1.29, 1.82) is 0 Å². The van der Waals surface area contributed by atoms with E-state index in [1.807, 2.05) is 0 Å². The first kappa shape index (κ1) is 27.7. The molecule has 4 atom stereocenters. The molecule has 40 heavy (non-hydrogen) atoms. The van der Waals surface area contributed by atoms with E-state index in [9.17, 15) is 19.0 Å². The quantitative estimate of drug-likeness (QED) is 0.114. The van der Waals surface area contributed by atoms with E-state index in [2.05, 4.69) is 25.3 Å². The SMILES string of the molecule is NC(=NCCCSC[C@H]1O[C@@H](n2cnc3c(N)ncnc32)[C@H](O)[C@@H]1O)Nc1cccc(-c2ccc(F)cc2F)c1. The lowest BCUT2D eigenvalue weighted by Crippen LogP contribution is -2.32. The zero-order chi connectivity index (χ0) is 28.2. The van der Waals surface area contributed by atoms with Gasteiger partial charge in [-0.15, -0.1) is 0 Å². The minimum Gasteiger partial charge on any atom is -0.387 e. The number of hydrogen-bond donors (Lipinski definition) is 5. The summed E-state index contributed by atoms with van der Waals surface area (Å²) in [6, 6.07) is 10.4. The van der Waals surface area contributed by atoms with Gasteiger partial charge >= 0.3 is 0 Å². The van der Waals surface area contributed by atoms with Gasteiger partial charge in [0, 0.05) is 29.6 Å². The topological polar surface area (TPSA) is 170 Å². The van der Waals surface area contributed by atoms with E-state index in [0.29, 0.717) is 41.1 Å². The van der Waals surface area contributed by atoms with Gasteiger partial charge in [0.15, 0.2) is 23.7 Å². The van der Waals surface area contributed by atoms with E-state index < -0.39 is 36.2 Å². The minimum atomic E-state index is -1.16. The molecular formula is C26H28F2N8O3S. The van der Waals surface area contributed by atoms with Gasteiger partial charge in [-0.3, -0.25) is 9.56 Å². The number of hydrogen-bond acceptors (Lipinski definition) is 9. The fourth-order valence-electron chi connectivity index (χ4n) is 4.39. The third kappa shape index (κ3) is 5.99. The van der Waals surface area contributed by atoms with Crippen LogP contribution in [0.5, 0.6) is 0 Å². The first-order valence-corrected chi connectivity index (χ1v) is 13.6. The highest BCUT2D eigenvalue weighted by atomic mass is 32.2. The van der Waals surface area contributed by atoms with Crippen molar-refractivity contribution in [3.05, 3.63) is 66.8 Å². The zero-order valence-electron chi connectivity index (χ0n) is 21.2. The Morgan fingerprint density at radius 2 is 1.98 bits per heavy atom. The number of ether oxygens (including phenoxy) is 1. The molecule has 7 N–H and O–H groups in total. The molecule has 0 bridgehead atoms. The second-order valence-corrected chi connectivity index (χ2v) is 10.3. The Morgan fingerprint density at radius 3 is 2.80 bits per heavy atom. The summed E-state index contributed by atoms with van der Waals surface area (Å²) < 4.78 is 34.8. The molecule has 1 aliphatic heterocycles. The molecule has 0 spiro atoms. The van der Waals surface area contributed by atoms with Gasteiger partial charge in [0.05, 0.1) is 12.4 Å². The summed E-state index contributed by atoms with van der Waals surface area (Å²) >= 11 is 1.56. The highest BCUT2D eigenvalue weighted by Gasteiger charge is 2.44. The van der Waals surface area contributed by atoms with Crippen molar-refractivity contribution < 1.29 is 23.7 Å². The Kier molecular flexibility index (Phi) is 8.40. The molecule has 3 heterocycles. The van der Waals surface area contributed by atoms with Crippen LogP contribution in [-0.2, 0) is 4.74 Å². The number of nitrogens with zero attached hydrogens (tertiary/aromatic N) is 5. The summed E-state index contributed by atoms with van der Waals surface area (Å²) in [4.78, 5) is 16.6. The molecule has 0 amide bonds. The fraction of sp³-hybridized carbons (Fsp3) is 0.308. The summed E-state index contributed by atoms with van der Waals surface area (Å²) in [5.74, 6) is 0.329. The van der Waals surface area contributed by atoms with Crippen molar-refractivity contribution >= 4 is 40.4 Å². The lowest BCUT2D eigenvalue weighted by molar-refractivity contribution is -0.0289. The predicted molar refractivity (Wildman–Crippen MR) is 150 cm³/mol. The first-order chi connectivity index (χ1) is 19.3. The summed E-state index contributed by atoms with van der Waals surface area (Å²) in [5.41, 5.74) is 14.1. The number of benzene rings is 2. The van der Waals surface area contributed by atoms with Crippen LogP contribution in [0.15, 0.2) is 60.1 Å². The van der Waals surface area contributed by atoms with Crippen LogP contribution in [-0.4, -0.2) is 72.1 Å². The maximum Gasteiger partial charge on any atom is 0.193 e. The van der Waals surface area contributed by atoms with Crippen LogP contribution in [0.3, 0.4) is 0 Å². The third-order valence-electron chi connectivity index (χ3n) is 6.39.